The van der Waals surface area contributed by atoms with E-state index in [-0.39, 0.29) is 11.7 Å². The Morgan fingerprint density at radius 3 is 2.59 bits per heavy atom. The molecule has 0 radical (unpaired) electrons. The molecule has 0 saturated heterocycles. The monoisotopic (exact) mass is 243 g/mol. The Labute approximate surface area is 99.0 Å². The van der Waals surface area contributed by atoms with Gasteiger partial charge in [0.2, 0.25) is 0 Å². The molecule has 1 aromatic rings. The van der Waals surface area contributed by atoms with Crippen LogP contribution in [-0.2, 0) is 0 Å². The Hall–Kier alpha value is -1.19. The SMILES string of the molecule is CC1CCCC(Nc2ccc(F)c(F)c2F)C1. The van der Waals surface area contributed by atoms with Gasteiger partial charge in [-0.05, 0) is 30.9 Å². The zero-order chi connectivity index (χ0) is 12.4. The zero-order valence-corrected chi connectivity index (χ0v) is 9.77. The molecule has 0 aromatic heterocycles. The van der Waals surface area contributed by atoms with Gasteiger partial charge in [-0.1, -0.05) is 19.8 Å². The number of nitrogens with one attached hydrogen (secondary N) is 1. The minimum atomic E-state index is -1.40. The van der Waals surface area contributed by atoms with Gasteiger partial charge in [-0.25, -0.2) is 13.2 Å². The molecule has 1 fully saturated rings. The van der Waals surface area contributed by atoms with E-state index < -0.39 is 17.5 Å². The standard InChI is InChI=1S/C13H16F3N/c1-8-3-2-4-9(7-8)17-11-6-5-10(14)12(15)13(11)16/h5-6,8-9,17H,2-4,7H2,1H3. The van der Waals surface area contributed by atoms with Gasteiger partial charge in [0, 0.05) is 6.04 Å². The summed E-state index contributed by atoms with van der Waals surface area (Å²) in [7, 11) is 0. The number of anilines is 1. The lowest BCUT2D eigenvalue weighted by atomic mass is 9.87. The molecule has 0 bridgehead atoms. The predicted molar refractivity (Wildman–Crippen MR) is 61.4 cm³/mol. The van der Waals surface area contributed by atoms with Crippen molar-refractivity contribution in [1.82, 2.24) is 0 Å². The Morgan fingerprint density at radius 1 is 1.12 bits per heavy atom. The van der Waals surface area contributed by atoms with Crippen molar-refractivity contribution in [3.63, 3.8) is 0 Å². The van der Waals surface area contributed by atoms with Gasteiger partial charge in [-0.15, -0.1) is 0 Å². The van der Waals surface area contributed by atoms with Crippen molar-refractivity contribution in [2.24, 2.45) is 5.92 Å². The van der Waals surface area contributed by atoms with Crippen LogP contribution in [0.15, 0.2) is 12.1 Å². The number of benzene rings is 1. The number of hydrogen-bond acceptors (Lipinski definition) is 1. The Kier molecular flexibility index (Phi) is 3.60. The van der Waals surface area contributed by atoms with Crippen LogP contribution in [0.2, 0.25) is 0 Å². The fourth-order valence-electron chi connectivity index (χ4n) is 2.42. The molecule has 1 saturated carbocycles. The molecule has 0 heterocycles. The van der Waals surface area contributed by atoms with Crippen LogP contribution < -0.4 is 5.32 Å². The Bertz CT molecular complexity index is 406. The van der Waals surface area contributed by atoms with Crippen molar-refractivity contribution in [3.8, 4) is 0 Å². The lowest BCUT2D eigenvalue weighted by Gasteiger charge is -2.28. The highest BCUT2D eigenvalue weighted by Crippen LogP contribution is 2.28. The van der Waals surface area contributed by atoms with Crippen molar-refractivity contribution in [2.45, 2.75) is 38.6 Å². The average Bonchev–Trinajstić information content (AvgIpc) is 2.30. The maximum Gasteiger partial charge on any atom is 0.196 e. The van der Waals surface area contributed by atoms with E-state index >= 15 is 0 Å². The summed E-state index contributed by atoms with van der Waals surface area (Å²) in [5, 5.41) is 2.97. The van der Waals surface area contributed by atoms with E-state index in [1.54, 1.807) is 0 Å². The maximum absolute atomic E-state index is 13.4. The summed E-state index contributed by atoms with van der Waals surface area (Å²) < 4.78 is 39.2. The second-order valence-electron chi connectivity index (χ2n) is 4.84. The molecule has 94 valence electrons. The molecule has 2 atom stereocenters. The quantitative estimate of drug-likeness (QED) is 0.771. The smallest absolute Gasteiger partial charge is 0.196 e. The van der Waals surface area contributed by atoms with Gasteiger partial charge >= 0.3 is 0 Å². The highest BCUT2D eigenvalue weighted by Gasteiger charge is 2.21. The van der Waals surface area contributed by atoms with Gasteiger partial charge in [0.25, 0.3) is 0 Å². The molecule has 1 aromatic carbocycles. The van der Waals surface area contributed by atoms with Crippen LogP contribution in [-0.4, -0.2) is 6.04 Å². The highest BCUT2D eigenvalue weighted by molar-refractivity contribution is 5.46. The molecular weight excluding hydrogens is 227 g/mol. The van der Waals surface area contributed by atoms with E-state index in [9.17, 15) is 13.2 Å². The predicted octanol–water partition coefficient (Wildman–Crippen LogP) is 4.09. The molecule has 0 aliphatic heterocycles. The van der Waals surface area contributed by atoms with Gasteiger partial charge in [0.05, 0.1) is 5.69 Å². The van der Waals surface area contributed by atoms with Crippen molar-refractivity contribution in [2.75, 3.05) is 5.32 Å². The van der Waals surface area contributed by atoms with E-state index in [2.05, 4.69) is 12.2 Å². The Morgan fingerprint density at radius 2 is 1.88 bits per heavy atom. The van der Waals surface area contributed by atoms with Crippen molar-refractivity contribution >= 4 is 5.69 Å². The van der Waals surface area contributed by atoms with E-state index in [0.29, 0.717) is 5.92 Å². The van der Waals surface area contributed by atoms with Crippen LogP contribution in [0.1, 0.15) is 32.6 Å². The number of rotatable bonds is 2. The van der Waals surface area contributed by atoms with Gasteiger partial charge in [-0.2, -0.15) is 0 Å². The molecule has 1 nitrogen and oxygen atoms in total. The van der Waals surface area contributed by atoms with E-state index in [1.807, 2.05) is 0 Å². The van der Waals surface area contributed by atoms with Crippen molar-refractivity contribution in [1.29, 1.82) is 0 Å². The average molecular weight is 243 g/mol. The maximum atomic E-state index is 13.4. The summed E-state index contributed by atoms with van der Waals surface area (Å²) >= 11 is 0. The fraction of sp³-hybridized carbons (Fsp3) is 0.538. The minimum Gasteiger partial charge on any atom is -0.380 e. The van der Waals surface area contributed by atoms with Crippen molar-refractivity contribution < 1.29 is 13.2 Å². The van der Waals surface area contributed by atoms with Crippen molar-refractivity contribution in [3.05, 3.63) is 29.6 Å². The first-order valence-electron chi connectivity index (χ1n) is 5.98. The topological polar surface area (TPSA) is 12.0 Å². The summed E-state index contributed by atoms with van der Waals surface area (Å²) in [6.45, 7) is 2.15. The fourth-order valence-corrected chi connectivity index (χ4v) is 2.42. The molecular formula is C13H16F3N. The lowest BCUT2D eigenvalue weighted by Crippen LogP contribution is -2.26. The minimum absolute atomic E-state index is 0.0583. The summed E-state index contributed by atoms with van der Waals surface area (Å²) in [5.41, 5.74) is 0.0583. The number of halogens is 3. The molecule has 1 aliphatic carbocycles. The first-order chi connectivity index (χ1) is 8.08. The van der Waals surface area contributed by atoms with E-state index in [4.69, 9.17) is 0 Å². The third-order valence-electron chi connectivity index (χ3n) is 3.33. The van der Waals surface area contributed by atoms with E-state index in [1.165, 1.54) is 12.5 Å². The lowest BCUT2D eigenvalue weighted by molar-refractivity contribution is 0.357. The summed E-state index contributed by atoms with van der Waals surface area (Å²) in [6.07, 6.45) is 4.16. The molecule has 2 unspecified atom stereocenters. The summed E-state index contributed by atoms with van der Waals surface area (Å²) in [4.78, 5) is 0. The largest absolute Gasteiger partial charge is 0.380 e. The van der Waals surface area contributed by atoms with Gasteiger partial charge in [0.1, 0.15) is 0 Å². The third kappa shape index (κ3) is 2.73. The molecule has 1 N–H and O–H groups in total. The molecule has 17 heavy (non-hydrogen) atoms. The molecule has 0 spiro atoms. The van der Waals surface area contributed by atoms with Crippen LogP contribution in [0.25, 0.3) is 0 Å². The van der Waals surface area contributed by atoms with Crippen LogP contribution in [0.5, 0.6) is 0 Å². The third-order valence-corrected chi connectivity index (χ3v) is 3.33. The van der Waals surface area contributed by atoms with Gasteiger partial charge in [-0.3, -0.25) is 0 Å². The van der Waals surface area contributed by atoms with Crippen LogP contribution in [0.3, 0.4) is 0 Å². The molecule has 2 rings (SSSR count). The molecule has 1 aliphatic rings. The first-order valence-corrected chi connectivity index (χ1v) is 5.98. The second kappa shape index (κ2) is 4.98. The molecule has 0 amide bonds. The van der Waals surface area contributed by atoms with E-state index in [0.717, 1.165) is 25.3 Å². The van der Waals surface area contributed by atoms with Crippen LogP contribution in [0.4, 0.5) is 18.9 Å². The van der Waals surface area contributed by atoms with Crippen LogP contribution in [0, 0.1) is 23.4 Å². The Balaban J connectivity index is 2.10. The van der Waals surface area contributed by atoms with Crippen LogP contribution >= 0.6 is 0 Å². The highest BCUT2D eigenvalue weighted by atomic mass is 19.2. The number of hydrogen-bond donors (Lipinski definition) is 1. The first kappa shape index (κ1) is 12.3. The van der Waals surface area contributed by atoms with Gasteiger partial charge in [0.15, 0.2) is 17.5 Å². The normalized spacial score (nSPS) is 24.7. The van der Waals surface area contributed by atoms with Gasteiger partial charge < -0.3 is 5.32 Å². The zero-order valence-electron chi connectivity index (χ0n) is 9.77. The summed E-state index contributed by atoms with van der Waals surface area (Å²) in [6, 6.07) is 2.36. The summed E-state index contributed by atoms with van der Waals surface area (Å²) in [5.74, 6) is -3.08. The second-order valence-corrected chi connectivity index (χ2v) is 4.84. The molecule has 4 heteroatoms.